The monoisotopic (exact) mass is 257 g/mol. The highest BCUT2D eigenvalue weighted by molar-refractivity contribution is 5.93. The first-order chi connectivity index (χ1) is 9.10. The molecule has 2 aromatic rings. The molecule has 19 heavy (non-hydrogen) atoms. The van der Waals surface area contributed by atoms with Gasteiger partial charge in [-0.3, -0.25) is 4.79 Å². The first-order valence-electron chi connectivity index (χ1n) is 5.89. The number of aryl methyl sites for hydroxylation is 1. The van der Waals surface area contributed by atoms with Gasteiger partial charge in [-0.25, -0.2) is 4.98 Å². The lowest BCUT2D eigenvalue weighted by Gasteiger charge is -2.10. The fraction of sp³-hybridized carbons (Fsp3) is 0.200. The first kappa shape index (κ1) is 13.1. The lowest BCUT2D eigenvalue weighted by molar-refractivity contribution is 0.101. The Kier molecular flexibility index (Phi) is 3.80. The first-order valence-corrected chi connectivity index (χ1v) is 5.89. The summed E-state index contributed by atoms with van der Waals surface area (Å²) in [6, 6.07) is 9.00. The Bertz CT molecular complexity index is 591. The summed E-state index contributed by atoms with van der Waals surface area (Å²) in [6.07, 6.45) is 1.50. The molecule has 0 radical (unpaired) electrons. The summed E-state index contributed by atoms with van der Waals surface area (Å²) in [6.45, 7) is 3.48. The third-order valence-corrected chi connectivity index (χ3v) is 2.68. The zero-order valence-corrected chi connectivity index (χ0v) is 11.1. The largest absolute Gasteiger partial charge is 0.493 e. The van der Waals surface area contributed by atoms with E-state index in [1.165, 1.54) is 13.1 Å². The number of Topliss-reactive ketones (excluding diaryl/α,β-unsaturated/α-hetero) is 1. The van der Waals surface area contributed by atoms with Gasteiger partial charge in [0, 0.05) is 17.8 Å². The molecule has 0 saturated carbocycles. The molecule has 0 amide bonds. The zero-order chi connectivity index (χ0) is 13.8. The molecule has 4 nitrogen and oxygen atoms in total. The minimum Gasteiger partial charge on any atom is -0.493 e. The van der Waals surface area contributed by atoms with Crippen LogP contribution in [0.2, 0.25) is 0 Å². The third kappa shape index (κ3) is 3.10. The highest BCUT2D eigenvalue weighted by atomic mass is 16.5. The van der Waals surface area contributed by atoms with E-state index in [1.54, 1.807) is 19.2 Å². The molecule has 0 aliphatic rings. The van der Waals surface area contributed by atoms with Gasteiger partial charge >= 0.3 is 0 Å². The van der Waals surface area contributed by atoms with Crippen LogP contribution >= 0.6 is 0 Å². The molecule has 0 atom stereocenters. The molecule has 1 aromatic heterocycles. The van der Waals surface area contributed by atoms with Crippen LogP contribution in [-0.4, -0.2) is 17.9 Å². The van der Waals surface area contributed by atoms with Gasteiger partial charge in [0.05, 0.1) is 7.11 Å². The number of carbonyl (C=O) groups is 1. The second kappa shape index (κ2) is 5.52. The quantitative estimate of drug-likeness (QED) is 0.788. The molecule has 0 bridgehead atoms. The predicted molar refractivity (Wildman–Crippen MR) is 72.0 cm³/mol. The van der Waals surface area contributed by atoms with Crippen molar-refractivity contribution in [2.24, 2.45) is 0 Å². The fourth-order valence-electron chi connectivity index (χ4n) is 1.62. The highest BCUT2D eigenvalue weighted by Crippen LogP contribution is 2.31. The van der Waals surface area contributed by atoms with Gasteiger partial charge in [0.1, 0.15) is 0 Å². The maximum Gasteiger partial charge on any atom is 0.219 e. The molecule has 0 N–H and O–H groups in total. The topological polar surface area (TPSA) is 48.4 Å². The van der Waals surface area contributed by atoms with Gasteiger partial charge in [-0.2, -0.15) is 0 Å². The standard InChI is InChI=1S/C15H15NO3/c1-10-4-6-13(14(8-10)18-3)19-15-7-5-12(9-16-15)11(2)17/h4-9H,1-3H3. The average molecular weight is 257 g/mol. The van der Waals surface area contributed by atoms with Crippen LogP contribution in [-0.2, 0) is 0 Å². The van der Waals surface area contributed by atoms with Crippen molar-refractivity contribution < 1.29 is 14.3 Å². The second-order valence-electron chi connectivity index (χ2n) is 4.20. The van der Waals surface area contributed by atoms with Crippen molar-refractivity contribution >= 4 is 5.78 Å². The number of carbonyl (C=O) groups excluding carboxylic acids is 1. The summed E-state index contributed by atoms with van der Waals surface area (Å²) in [4.78, 5) is 15.2. The van der Waals surface area contributed by atoms with Crippen LogP contribution in [0.1, 0.15) is 22.8 Å². The number of aromatic nitrogens is 1. The Balaban J connectivity index is 2.23. The Morgan fingerprint density at radius 1 is 1.16 bits per heavy atom. The van der Waals surface area contributed by atoms with E-state index in [-0.39, 0.29) is 5.78 Å². The molecule has 1 heterocycles. The van der Waals surface area contributed by atoms with Gasteiger partial charge in [0.25, 0.3) is 0 Å². The molecule has 0 saturated heterocycles. The number of pyridine rings is 1. The lowest BCUT2D eigenvalue weighted by Crippen LogP contribution is -1.95. The van der Waals surface area contributed by atoms with E-state index in [9.17, 15) is 4.79 Å². The molecule has 0 spiro atoms. The number of ketones is 1. The van der Waals surface area contributed by atoms with Gasteiger partial charge in [-0.15, -0.1) is 0 Å². The summed E-state index contributed by atoms with van der Waals surface area (Å²) < 4.78 is 10.9. The van der Waals surface area contributed by atoms with Crippen LogP contribution in [0.5, 0.6) is 17.4 Å². The number of benzene rings is 1. The number of nitrogens with zero attached hydrogens (tertiary/aromatic N) is 1. The van der Waals surface area contributed by atoms with Crippen molar-refractivity contribution in [2.75, 3.05) is 7.11 Å². The van der Waals surface area contributed by atoms with Crippen LogP contribution in [0.4, 0.5) is 0 Å². The van der Waals surface area contributed by atoms with Crippen molar-refractivity contribution in [3.05, 3.63) is 47.7 Å². The van der Waals surface area contributed by atoms with E-state index in [0.717, 1.165) is 5.56 Å². The van der Waals surface area contributed by atoms with Gasteiger partial charge in [0.2, 0.25) is 5.88 Å². The van der Waals surface area contributed by atoms with Crippen LogP contribution in [0, 0.1) is 6.92 Å². The maximum absolute atomic E-state index is 11.2. The number of ether oxygens (including phenoxy) is 2. The van der Waals surface area contributed by atoms with Gasteiger partial charge < -0.3 is 9.47 Å². The molecular formula is C15H15NO3. The molecule has 0 unspecified atom stereocenters. The minimum atomic E-state index is -0.0213. The summed E-state index contributed by atoms with van der Waals surface area (Å²) >= 11 is 0. The van der Waals surface area contributed by atoms with Gasteiger partial charge in [0.15, 0.2) is 17.3 Å². The average Bonchev–Trinajstić information content (AvgIpc) is 2.41. The Morgan fingerprint density at radius 3 is 2.53 bits per heavy atom. The maximum atomic E-state index is 11.2. The molecule has 98 valence electrons. The molecule has 0 aliphatic heterocycles. The van der Waals surface area contributed by atoms with Crippen LogP contribution in [0.15, 0.2) is 36.5 Å². The van der Waals surface area contributed by atoms with Crippen molar-refractivity contribution in [1.29, 1.82) is 0 Å². The number of hydrogen-bond acceptors (Lipinski definition) is 4. The molecule has 0 fully saturated rings. The highest BCUT2D eigenvalue weighted by Gasteiger charge is 2.07. The Hall–Kier alpha value is -2.36. The van der Waals surface area contributed by atoms with E-state index < -0.39 is 0 Å². The van der Waals surface area contributed by atoms with E-state index in [0.29, 0.717) is 22.9 Å². The molecule has 4 heteroatoms. The molecule has 0 aliphatic carbocycles. The SMILES string of the molecule is COc1cc(C)ccc1Oc1ccc(C(C)=O)cn1. The van der Waals surface area contributed by atoms with Crippen LogP contribution in [0.3, 0.4) is 0 Å². The smallest absolute Gasteiger partial charge is 0.219 e. The second-order valence-corrected chi connectivity index (χ2v) is 4.20. The molecular weight excluding hydrogens is 242 g/mol. The normalized spacial score (nSPS) is 10.1. The van der Waals surface area contributed by atoms with Crippen molar-refractivity contribution in [3.8, 4) is 17.4 Å². The van der Waals surface area contributed by atoms with Crippen molar-refractivity contribution in [2.45, 2.75) is 13.8 Å². The number of rotatable bonds is 4. The van der Waals surface area contributed by atoms with Gasteiger partial charge in [-0.05, 0) is 37.6 Å². The van der Waals surface area contributed by atoms with E-state index >= 15 is 0 Å². The fourth-order valence-corrected chi connectivity index (χ4v) is 1.62. The predicted octanol–water partition coefficient (Wildman–Crippen LogP) is 3.39. The van der Waals surface area contributed by atoms with E-state index in [1.807, 2.05) is 25.1 Å². The van der Waals surface area contributed by atoms with Crippen molar-refractivity contribution in [3.63, 3.8) is 0 Å². The van der Waals surface area contributed by atoms with Crippen molar-refractivity contribution in [1.82, 2.24) is 4.98 Å². The summed E-state index contributed by atoms with van der Waals surface area (Å²) in [5, 5.41) is 0. The number of methoxy groups -OCH3 is 1. The summed E-state index contributed by atoms with van der Waals surface area (Å²) in [5.41, 5.74) is 1.65. The number of hydrogen-bond donors (Lipinski definition) is 0. The van der Waals surface area contributed by atoms with Crippen LogP contribution in [0.25, 0.3) is 0 Å². The molecule has 2 rings (SSSR count). The third-order valence-electron chi connectivity index (χ3n) is 2.68. The Labute approximate surface area is 112 Å². The zero-order valence-electron chi connectivity index (χ0n) is 11.1. The minimum absolute atomic E-state index is 0.0213. The lowest BCUT2D eigenvalue weighted by atomic mass is 10.2. The summed E-state index contributed by atoms with van der Waals surface area (Å²) in [5.74, 6) is 1.65. The van der Waals surface area contributed by atoms with Gasteiger partial charge in [-0.1, -0.05) is 6.07 Å². The molecule has 1 aromatic carbocycles. The Morgan fingerprint density at radius 2 is 1.95 bits per heavy atom. The summed E-state index contributed by atoms with van der Waals surface area (Å²) in [7, 11) is 1.59. The van der Waals surface area contributed by atoms with E-state index in [4.69, 9.17) is 9.47 Å². The van der Waals surface area contributed by atoms with Crippen LogP contribution < -0.4 is 9.47 Å². The van der Waals surface area contributed by atoms with E-state index in [2.05, 4.69) is 4.98 Å².